The van der Waals surface area contributed by atoms with Gasteiger partial charge in [0.15, 0.2) is 5.76 Å². The van der Waals surface area contributed by atoms with E-state index in [0.29, 0.717) is 22.6 Å². The Morgan fingerprint density at radius 1 is 0.897 bits per heavy atom. The first-order valence-electron chi connectivity index (χ1n) is 9.26. The highest BCUT2D eigenvalue weighted by molar-refractivity contribution is 6.15. The van der Waals surface area contributed by atoms with E-state index in [1.54, 1.807) is 42.5 Å². The number of allylic oxidation sites excluding steroid dienone is 1. The molecule has 5 rings (SSSR count). The van der Waals surface area contributed by atoms with E-state index in [9.17, 15) is 14.7 Å². The van der Waals surface area contributed by atoms with Gasteiger partial charge in [0, 0.05) is 11.5 Å². The average molecular weight is 384 g/mol. The zero-order valence-corrected chi connectivity index (χ0v) is 15.3. The number of aromatic hydroxyl groups is 1. The fourth-order valence-corrected chi connectivity index (χ4v) is 3.80. The molecule has 0 saturated carbocycles. The van der Waals surface area contributed by atoms with Crippen molar-refractivity contribution in [2.45, 2.75) is 12.3 Å². The Balaban J connectivity index is 1.62. The molecule has 0 aliphatic carbocycles. The SMILES string of the molecule is O=C1CC(c2ccc(O)cc2)c2c(ccc3c2OC(=Cc2ccccc2)C3=O)O1. The van der Waals surface area contributed by atoms with Gasteiger partial charge in [-0.1, -0.05) is 42.5 Å². The number of carbonyl (C=O) groups excluding carboxylic acids is 2. The van der Waals surface area contributed by atoms with Crippen LogP contribution in [0.25, 0.3) is 6.08 Å². The van der Waals surface area contributed by atoms with Crippen LogP contribution in [0, 0.1) is 0 Å². The lowest BCUT2D eigenvalue weighted by Gasteiger charge is -2.26. The normalized spacial score (nSPS) is 18.8. The molecule has 5 nitrogen and oxygen atoms in total. The summed E-state index contributed by atoms with van der Waals surface area (Å²) in [5, 5.41) is 9.60. The summed E-state index contributed by atoms with van der Waals surface area (Å²) in [6.45, 7) is 0. The Hall–Kier alpha value is -3.86. The molecule has 1 atom stereocenters. The van der Waals surface area contributed by atoms with Crippen LogP contribution in [-0.4, -0.2) is 16.9 Å². The molecule has 0 spiro atoms. The summed E-state index contributed by atoms with van der Waals surface area (Å²) in [6, 6.07) is 19.4. The van der Waals surface area contributed by atoms with Crippen LogP contribution >= 0.6 is 0 Å². The number of hydrogen-bond donors (Lipinski definition) is 1. The summed E-state index contributed by atoms with van der Waals surface area (Å²) in [5.41, 5.74) is 2.83. The van der Waals surface area contributed by atoms with Gasteiger partial charge >= 0.3 is 5.97 Å². The second-order valence-corrected chi connectivity index (χ2v) is 7.03. The molecular weight excluding hydrogens is 368 g/mol. The highest BCUT2D eigenvalue weighted by atomic mass is 16.5. The van der Waals surface area contributed by atoms with Gasteiger partial charge in [0.1, 0.15) is 17.2 Å². The zero-order chi connectivity index (χ0) is 20.0. The van der Waals surface area contributed by atoms with E-state index in [4.69, 9.17) is 9.47 Å². The van der Waals surface area contributed by atoms with Crippen molar-refractivity contribution >= 4 is 17.8 Å². The van der Waals surface area contributed by atoms with Gasteiger partial charge in [-0.15, -0.1) is 0 Å². The molecule has 1 unspecified atom stereocenters. The maximum atomic E-state index is 12.9. The van der Waals surface area contributed by atoms with Crippen LogP contribution < -0.4 is 9.47 Å². The molecule has 142 valence electrons. The smallest absolute Gasteiger partial charge is 0.312 e. The summed E-state index contributed by atoms with van der Waals surface area (Å²) in [7, 11) is 0. The lowest BCUT2D eigenvalue weighted by Crippen LogP contribution is -2.21. The number of ketones is 1. The first kappa shape index (κ1) is 17.3. The van der Waals surface area contributed by atoms with Crippen molar-refractivity contribution in [3.8, 4) is 17.2 Å². The van der Waals surface area contributed by atoms with Crippen molar-refractivity contribution in [3.05, 3.63) is 94.7 Å². The third kappa shape index (κ3) is 2.97. The second kappa shape index (κ2) is 6.63. The van der Waals surface area contributed by atoms with Gasteiger partial charge in [0.25, 0.3) is 0 Å². The molecule has 2 aliphatic heterocycles. The van der Waals surface area contributed by atoms with Crippen LogP contribution in [0.1, 0.15) is 39.4 Å². The number of ether oxygens (including phenoxy) is 2. The van der Waals surface area contributed by atoms with E-state index < -0.39 is 0 Å². The molecule has 3 aromatic rings. The monoisotopic (exact) mass is 384 g/mol. The van der Waals surface area contributed by atoms with Gasteiger partial charge in [0.2, 0.25) is 5.78 Å². The lowest BCUT2D eigenvalue weighted by atomic mass is 9.84. The maximum Gasteiger partial charge on any atom is 0.312 e. The van der Waals surface area contributed by atoms with Gasteiger partial charge in [-0.25, -0.2) is 0 Å². The molecule has 2 aliphatic rings. The molecule has 1 N–H and O–H groups in total. The van der Waals surface area contributed by atoms with Crippen LogP contribution in [0.4, 0.5) is 0 Å². The first-order chi connectivity index (χ1) is 14.1. The number of phenolic OH excluding ortho intramolecular Hbond substituents is 1. The summed E-state index contributed by atoms with van der Waals surface area (Å²) in [4.78, 5) is 25.1. The van der Waals surface area contributed by atoms with Gasteiger partial charge in [-0.3, -0.25) is 9.59 Å². The van der Waals surface area contributed by atoms with Crippen molar-refractivity contribution in [2.24, 2.45) is 0 Å². The minimum atomic E-state index is -0.347. The number of benzene rings is 3. The number of rotatable bonds is 2. The van der Waals surface area contributed by atoms with E-state index in [0.717, 1.165) is 11.1 Å². The predicted octanol–water partition coefficient (Wildman–Crippen LogP) is 4.45. The fraction of sp³-hybridized carbons (Fsp3) is 0.0833. The molecule has 0 amide bonds. The number of Topliss-reactive ketones (excluding diaryl/α,β-unsaturated/α-hetero) is 1. The van der Waals surface area contributed by atoms with Gasteiger partial charge in [-0.2, -0.15) is 0 Å². The molecule has 0 bridgehead atoms. The van der Waals surface area contributed by atoms with Crippen LogP contribution in [0.3, 0.4) is 0 Å². The van der Waals surface area contributed by atoms with Crippen LogP contribution in [0.5, 0.6) is 17.2 Å². The first-order valence-corrected chi connectivity index (χ1v) is 9.26. The van der Waals surface area contributed by atoms with Gasteiger partial charge in [0.05, 0.1) is 12.0 Å². The quantitative estimate of drug-likeness (QED) is 0.401. The van der Waals surface area contributed by atoms with Gasteiger partial charge in [-0.05, 0) is 41.5 Å². The summed E-state index contributed by atoms with van der Waals surface area (Å²) in [6.07, 6.45) is 1.84. The molecule has 2 heterocycles. The average Bonchev–Trinajstić information content (AvgIpc) is 3.04. The summed E-state index contributed by atoms with van der Waals surface area (Å²) in [5.74, 6) is 0.330. The van der Waals surface area contributed by atoms with Crippen LogP contribution in [0.15, 0.2) is 72.5 Å². The van der Waals surface area contributed by atoms with Crippen LogP contribution in [0.2, 0.25) is 0 Å². The number of phenols is 1. The molecule has 29 heavy (non-hydrogen) atoms. The standard InChI is InChI=1S/C24H16O5/c25-16-8-6-15(7-9-16)18-13-21(26)28-19-11-10-17-23(27)20(29-24(17)22(18)19)12-14-4-2-1-3-5-14/h1-12,18,25H,13H2. The second-order valence-electron chi connectivity index (χ2n) is 7.03. The maximum absolute atomic E-state index is 12.9. The van der Waals surface area contributed by atoms with Crippen molar-refractivity contribution < 1.29 is 24.2 Å². The fourth-order valence-electron chi connectivity index (χ4n) is 3.80. The van der Waals surface area contributed by atoms with E-state index in [1.807, 2.05) is 30.3 Å². The highest BCUT2D eigenvalue weighted by Crippen LogP contribution is 2.49. The van der Waals surface area contributed by atoms with E-state index in [-0.39, 0.29) is 35.6 Å². The third-order valence-electron chi connectivity index (χ3n) is 5.17. The molecular formula is C24H16O5. The van der Waals surface area contributed by atoms with Crippen molar-refractivity contribution in [3.63, 3.8) is 0 Å². The number of esters is 1. The zero-order valence-electron chi connectivity index (χ0n) is 15.3. The molecule has 3 aromatic carbocycles. The Bertz CT molecular complexity index is 1160. The van der Waals surface area contributed by atoms with Crippen molar-refractivity contribution in [2.75, 3.05) is 0 Å². The lowest BCUT2D eigenvalue weighted by molar-refractivity contribution is -0.135. The molecule has 5 heteroatoms. The topological polar surface area (TPSA) is 72.8 Å². The summed E-state index contributed by atoms with van der Waals surface area (Å²) >= 11 is 0. The van der Waals surface area contributed by atoms with E-state index in [2.05, 4.69) is 0 Å². The summed E-state index contributed by atoms with van der Waals surface area (Å²) < 4.78 is 11.4. The van der Waals surface area contributed by atoms with Crippen LogP contribution in [-0.2, 0) is 4.79 Å². The number of fused-ring (bicyclic) bond motifs is 3. The Kier molecular flexibility index (Phi) is 3.95. The number of hydrogen-bond acceptors (Lipinski definition) is 5. The highest BCUT2D eigenvalue weighted by Gasteiger charge is 2.38. The Morgan fingerprint density at radius 2 is 1.66 bits per heavy atom. The Morgan fingerprint density at radius 3 is 2.41 bits per heavy atom. The minimum absolute atomic E-state index is 0.128. The minimum Gasteiger partial charge on any atom is -0.508 e. The Labute approximate surface area is 166 Å². The number of carbonyl (C=O) groups is 2. The van der Waals surface area contributed by atoms with E-state index in [1.165, 1.54) is 0 Å². The van der Waals surface area contributed by atoms with Gasteiger partial charge < -0.3 is 14.6 Å². The molecule has 0 radical (unpaired) electrons. The molecule has 0 saturated heterocycles. The van der Waals surface area contributed by atoms with Crippen molar-refractivity contribution in [1.82, 2.24) is 0 Å². The predicted molar refractivity (Wildman–Crippen MR) is 106 cm³/mol. The van der Waals surface area contributed by atoms with E-state index >= 15 is 0 Å². The molecule has 0 aromatic heterocycles. The molecule has 0 fully saturated rings. The largest absolute Gasteiger partial charge is 0.508 e. The third-order valence-corrected chi connectivity index (χ3v) is 5.17. The van der Waals surface area contributed by atoms with Crippen molar-refractivity contribution in [1.29, 1.82) is 0 Å².